The van der Waals surface area contributed by atoms with Gasteiger partial charge in [-0.25, -0.2) is 4.68 Å². The number of rotatable bonds is 5. The monoisotopic (exact) mass is 252 g/mol. The van der Waals surface area contributed by atoms with Gasteiger partial charge >= 0.3 is 0 Å². The molecule has 0 saturated carbocycles. The fourth-order valence-electron chi connectivity index (χ4n) is 1.57. The number of nitrogens with one attached hydrogen (secondary N) is 1. The Morgan fingerprint density at radius 2 is 2.18 bits per heavy atom. The van der Waals surface area contributed by atoms with Crippen LogP contribution in [0.2, 0.25) is 0 Å². The third kappa shape index (κ3) is 3.75. The number of anilines is 1. The lowest BCUT2D eigenvalue weighted by atomic mass is 10.3. The molecule has 4 nitrogen and oxygen atoms in total. The lowest BCUT2D eigenvalue weighted by Crippen LogP contribution is -2.07. The van der Waals surface area contributed by atoms with Crippen molar-refractivity contribution in [1.82, 2.24) is 14.8 Å². The predicted molar refractivity (Wildman–Crippen MR) is 71.3 cm³/mol. The van der Waals surface area contributed by atoms with Crippen molar-refractivity contribution in [2.75, 3.05) is 5.32 Å². The van der Waals surface area contributed by atoms with Crippen molar-refractivity contribution in [2.24, 2.45) is 0 Å². The Hall–Kier alpha value is -1.55. The summed E-state index contributed by atoms with van der Waals surface area (Å²) in [5, 5.41) is 7.61. The largest absolute Gasteiger partial charge is 0.366 e. The van der Waals surface area contributed by atoms with Gasteiger partial charge < -0.3 is 5.32 Å². The minimum Gasteiger partial charge on any atom is -0.366 e. The molecule has 0 radical (unpaired) electrons. The summed E-state index contributed by atoms with van der Waals surface area (Å²) in [5.74, 6) is 1.06. The molecule has 0 spiro atoms. The molecular weight excluding hydrogens is 236 g/mol. The van der Waals surface area contributed by atoms with E-state index in [1.54, 1.807) is 6.20 Å². The molecule has 0 aliphatic rings. The molecule has 0 amide bonds. The highest BCUT2D eigenvalue weighted by Gasteiger charge is 2.00. The van der Waals surface area contributed by atoms with Crippen molar-refractivity contribution in [2.45, 2.75) is 26.4 Å². The van der Waals surface area contributed by atoms with Gasteiger partial charge in [0.05, 0.1) is 6.20 Å². The van der Waals surface area contributed by atoms with Crippen molar-refractivity contribution < 1.29 is 0 Å². The highest BCUT2D eigenvalue weighted by Crippen LogP contribution is 2.08. The summed E-state index contributed by atoms with van der Waals surface area (Å²) in [4.78, 5) is 4.08. The number of aryl methyl sites for hydroxylation is 1. The number of nitrogens with zero attached hydrogens (tertiary/aromatic N) is 3. The van der Waals surface area contributed by atoms with Gasteiger partial charge in [0, 0.05) is 31.5 Å². The summed E-state index contributed by atoms with van der Waals surface area (Å²) in [6.45, 7) is 3.87. The van der Waals surface area contributed by atoms with E-state index in [4.69, 9.17) is 0 Å². The van der Waals surface area contributed by atoms with Gasteiger partial charge in [-0.2, -0.15) is 5.10 Å². The second-order valence-electron chi connectivity index (χ2n) is 3.65. The van der Waals surface area contributed by atoms with Gasteiger partial charge in [-0.3, -0.25) is 4.98 Å². The van der Waals surface area contributed by atoms with Gasteiger partial charge in [0.2, 0.25) is 0 Å². The van der Waals surface area contributed by atoms with E-state index in [0.717, 1.165) is 25.3 Å². The van der Waals surface area contributed by atoms with Crippen LogP contribution >= 0.6 is 12.4 Å². The third-order valence-electron chi connectivity index (χ3n) is 2.35. The Bertz CT molecular complexity index is 427. The van der Waals surface area contributed by atoms with Crippen molar-refractivity contribution in [1.29, 1.82) is 0 Å². The number of hydrogen-bond acceptors (Lipinski definition) is 3. The molecule has 2 heterocycles. The molecule has 0 atom stereocenters. The van der Waals surface area contributed by atoms with Gasteiger partial charge in [-0.15, -0.1) is 12.4 Å². The molecule has 2 aromatic heterocycles. The minimum atomic E-state index is 0. The molecule has 0 saturated heterocycles. The van der Waals surface area contributed by atoms with E-state index in [0.29, 0.717) is 0 Å². The SMILES string of the molecule is CCCn1nccc1NCc1cccnc1.Cl. The second-order valence-corrected chi connectivity index (χ2v) is 3.65. The highest BCUT2D eigenvalue weighted by atomic mass is 35.5. The van der Waals surface area contributed by atoms with Crippen LogP contribution in [0.5, 0.6) is 0 Å². The summed E-state index contributed by atoms with van der Waals surface area (Å²) >= 11 is 0. The first-order valence-corrected chi connectivity index (χ1v) is 5.54. The van der Waals surface area contributed by atoms with Crippen molar-refractivity contribution in [3.8, 4) is 0 Å². The normalized spacial score (nSPS) is 9.71. The van der Waals surface area contributed by atoms with E-state index in [9.17, 15) is 0 Å². The Labute approximate surface area is 107 Å². The molecule has 0 aliphatic heterocycles. The van der Waals surface area contributed by atoms with Crippen molar-refractivity contribution >= 4 is 18.2 Å². The molecule has 0 bridgehead atoms. The summed E-state index contributed by atoms with van der Waals surface area (Å²) in [6.07, 6.45) is 6.56. The maximum atomic E-state index is 4.26. The summed E-state index contributed by atoms with van der Waals surface area (Å²) in [7, 11) is 0. The molecule has 0 fully saturated rings. The van der Waals surface area contributed by atoms with Crippen LogP contribution in [-0.4, -0.2) is 14.8 Å². The standard InChI is InChI=1S/C12H16N4.ClH/c1-2-8-16-12(5-7-15-16)14-10-11-4-3-6-13-9-11;/h3-7,9,14H,2,8,10H2,1H3;1H. The van der Waals surface area contributed by atoms with E-state index in [1.807, 2.05) is 29.2 Å². The van der Waals surface area contributed by atoms with Crippen LogP contribution < -0.4 is 5.32 Å². The third-order valence-corrected chi connectivity index (χ3v) is 2.35. The van der Waals surface area contributed by atoms with E-state index in [-0.39, 0.29) is 12.4 Å². The summed E-state index contributed by atoms with van der Waals surface area (Å²) in [6, 6.07) is 5.99. The van der Waals surface area contributed by atoms with Crippen LogP contribution in [0.15, 0.2) is 36.8 Å². The van der Waals surface area contributed by atoms with Gasteiger partial charge in [-0.05, 0) is 18.1 Å². The zero-order valence-corrected chi connectivity index (χ0v) is 10.7. The molecule has 0 aromatic carbocycles. The fraction of sp³-hybridized carbons (Fsp3) is 0.333. The number of aromatic nitrogens is 3. The van der Waals surface area contributed by atoms with Crippen LogP contribution in [0.25, 0.3) is 0 Å². The maximum absolute atomic E-state index is 4.26. The van der Waals surface area contributed by atoms with Crippen LogP contribution in [-0.2, 0) is 13.1 Å². The van der Waals surface area contributed by atoms with Gasteiger partial charge in [0.25, 0.3) is 0 Å². The number of hydrogen-bond donors (Lipinski definition) is 1. The lowest BCUT2D eigenvalue weighted by Gasteiger charge is -2.08. The average molecular weight is 253 g/mol. The molecule has 92 valence electrons. The quantitative estimate of drug-likeness (QED) is 0.890. The zero-order chi connectivity index (χ0) is 11.2. The number of pyridine rings is 1. The molecule has 0 unspecified atom stereocenters. The van der Waals surface area contributed by atoms with E-state index < -0.39 is 0 Å². The van der Waals surface area contributed by atoms with E-state index in [2.05, 4.69) is 28.4 Å². The Morgan fingerprint density at radius 3 is 2.88 bits per heavy atom. The van der Waals surface area contributed by atoms with E-state index >= 15 is 0 Å². The topological polar surface area (TPSA) is 42.7 Å². The predicted octanol–water partition coefficient (Wildman–Crippen LogP) is 2.72. The molecule has 2 rings (SSSR count). The first kappa shape index (κ1) is 13.5. The van der Waals surface area contributed by atoms with Crippen LogP contribution in [0.3, 0.4) is 0 Å². The second kappa shape index (κ2) is 6.91. The minimum absolute atomic E-state index is 0. The molecule has 1 N–H and O–H groups in total. The first-order valence-electron chi connectivity index (χ1n) is 5.54. The highest BCUT2D eigenvalue weighted by molar-refractivity contribution is 5.85. The van der Waals surface area contributed by atoms with Crippen LogP contribution in [0.1, 0.15) is 18.9 Å². The molecule has 5 heteroatoms. The molecule has 2 aromatic rings. The smallest absolute Gasteiger partial charge is 0.124 e. The fourth-order valence-corrected chi connectivity index (χ4v) is 1.57. The zero-order valence-electron chi connectivity index (χ0n) is 9.84. The Kier molecular flexibility index (Phi) is 5.49. The molecule has 17 heavy (non-hydrogen) atoms. The average Bonchev–Trinajstić information content (AvgIpc) is 2.76. The first-order chi connectivity index (χ1) is 7.90. The summed E-state index contributed by atoms with van der Waals surface area (Å²) in [5.41, 5.74) is 1.17. The van der Waals surface area contributed by atoms with E-state index in [1.165, 1.54) is 5.56 Å². The van der Waals surface area contributed by atoms with Crippen molar-refractivity contribution in [3.05, 3.63) is 42.4 Å². The molecule has 0 aliphatic carbocycles. The molecular formula is C12H17ClN4. The number of halogens is 1. The van der Waals surface area contributed by atoms with Gasteiger partial charge in [-0.1, -0.05) is 13.0 Å². The van der Waals surface area contributed by atoms with Gasteiger partial charge in [0.15, 0.2) is 0 Å². The lowest BCUT2D eigenvalue weighted by molar-refractivity contribution is 0.607. The maximum Gasteiger partial charge on any atom is 0.124 e. The Balaban J connectivity index is 0.00000144. The van der Waals surface area contributed by atoms with Gasteiger partial charge in [0.1, 0.15) is 5.82 Å². The van der Waals surface area contributed by atoms with Crippen LogP contribution in [0.4, 0.5) is 5.82 Å². The summed E-state index contributed by atoms with van der Waals surface area (Å²) < 4.78 is 1.98. The van der Waals surface area contributed by atoms with Crippen LogP contribution in [0, 0.1) is 0 Å². The Morgan fingerprint density at radius 1 is 1.29 bits per heavy atom. The van der Waals surface area contributed by atoms with Crippen molar-refractivity contribution in [3.63, 3.8) is 0 Å².